The summed E-state index contributed by atoms with van der Waals surface area (Å²) in [6.07, 6.45) is 6.45. The number of benzene rings is 1. The third kappa shape index (κ3) is 5.16. The van der Waals surface area contributed by atoms with Crippen LogP contribution in [0.1, 0.15) is 44.2 Å². The first-order chi connectivity index (χ1) is 12.9. The number of carbonyl (C=O) groups excluding carboxylic acids is 1. The Balaban J connectivity index is 2.27. The molecular formula is C22H26F2N2O. The number of nitrogens with one attached hydrogen (secondary N) is 1. The molecule has 1 heterocycles. The van der Waals surface area contributed by atoms with Crippen LogP contribution in [0.15, 0.2) is 65.9 Å². The molecule has 0 fully saturated rings. The molecule has 5 heteroatoms. The standard InChI is InChI=1S/C22H26F2N2O/c1-5-7-18(6-2)21(26-11-10-19(23)12-16(26)4)22(27)25-14-17-9-8-15(3)20(24)13-17/h8-13H,4-7,14H2,1-3H3,(H,25,27)/b21-18-. The zero-order valence-electron chi connectivity index (χ0n) is 16.1. The number of carbonyl (C=O) groups is 1. The Morgan fingerprint density at radius 3 is 2.59 bits per heavy atom. The molecule has 0 aromatic heterocycles. The Morgan fingerprint density at radius 2 is 2.00 bits per heavy atom. The van der Waals surface area contributed by atoms with Crippen LogP contribution in [-0.2, 0) is 11.3 Å². The predicted octanol–water partition coefficient (Wildman–Crippen LogP) is 5.41. The third-order valence-corrected chi connectivity index (χ3v) is 4.46. The minimum atomic E-state index is -0.403. The van der Waals surface area contributed by atoms with E-state index in [9.17, 15) is 13.6 Å². The quantitative estimate of drug-likeness (QED) is 0.649. The number of hydrogen-bond donors (Lipinski definition) is 1. The van der Waals surface area contributed by atoms with E-state index in [1.54, 1.807) is 24.0 Å². The molecule has 1 aromatic carbocycles. The molecule has 0 bridgehead atoms. The van der Waals surface area contributed by atoms with Gasteiger partial charge in [-0.3, -0.25) is 4.79 Å². The zero-order chi connectivity index (χ0) is 20.0. The molecule has 1 aromatic rings. The molecule has 0 aliphatic carbocycles. The number of allylic oxidation sites excluding steroid dienone is 4. The van der Waals surface area contributed by atoms with Crippen molar-refractivity contribution in [2.45, 2.75) is 46.6 Å². The topological polar surface area (TPSA) is 32.3 Å². The van der Waals surface area contributed by atoms with E-state index < -0.39 is 5.83 Å². The highest BCUT2D eigenvalue weighted by atomic mass is 19.1. The van der Waals surface area contributed by atoms with Crippen molar-refractivity contribution in [2.75, 3.05) is 0 Å². The van der Waals surface area contributed by atoms with Gasteiger partial charge >= 0.3 is 0 Å². The molecule has 0 spiro atoms. The minimum Gasteiger partial charge on any atom is -0.347 e. The van der Waals surface area contributed by atoms with Crippen LogP contribution in [0.2, 0.25) is 0 Å². The van der Waals surface area contributed by atoms with Crippen molar-refractivity contribution in [2.24, 2.45) is 0 Å². The molecule has 0 unspecified atom stereocenters. The Labute approximate surface area is 159 Å². The second-order valence-corrected chi connectivity index (χ2v) is 6.53. The van der Waals surface area contributed by atoms with Gasteiger partial charge in [0.2, 0.25) is 0 Å². The molecule has 0 saturated heterocycles. The normalized spacial score (nSPS) is 14.8. The number of rotatable bonds is 7. The molecule has 0 radical (unpaired) electrons. The lowest BCUT2D eigenvalue weighted by Crippen LogP contribution is -2.33. The van der Waals surface area contributed by atoms with Crippen molar-refractivity contribution < 1.29 is 13.6 Å². The highest BCUT2D eigenvalue weighted by Gasteiger charge is 2.23. The molecule has 2 rings (SSSR count). The van der Waals surface area contributed by atoms with Crippen molar-refractivity contribution in [3.05, 3.63) is 82.9 Å². The lowest BCUT2D eigenvalue weighted by atomic mass is 10.0. The van der Waals surface area contributed by atoms with Gasteiger partial charge in [-0.05, 0) is 54.7 Å². The Bertz CT molecular complexity index is 822. The Hall–Kier alpha value is -2.69. The SMILES string of the molecule is C=C1C=C(F)C=CN1/C(C(=O)NCc1ccc(C)c(F)c1)=C(/CC)CCC. The molecule has 1 aliphatic heterocycles. The van der Waals surface area contributed by atoms with Gasteiger partial charge in [-0.1, -0.05) is 39.0 Å². The number of aryl methyl sites for hydroxylation is 1. The second-order valence-electron chi connectivity index (χ2n) is 6.53. The first-order valence-electron chi connectivity index (χ1n) is 9.16. The summed E-state index contributed by atoms with van der Waals surface area (Å²) in [5, 5.41) is 2.85. The highest BCUT2D eigenvalue weighted by molar-refractivity contribution is 5.94. The van der Waals surface area contributed by atoms with Crippen LogP contribution in [0, 0.1) is 12.7 Å². The van der Waals surface area contributed by atoms with Crippen LogP contribution in [0.3, 0.4) is 0 Å². The number of hydrogen-bond acceptors (Lipinski definition) is 2. The van der Waals surface area contributed by atoms with Gasteiger partial charge in [-0.25, -0.2) is 8.78 Å². The van der Waals surface area contributed by atoms with Crippen molar-refractivity contribution in [3.8, 4) is 0 Å². The van der Waals surface area contributed by atoms with Gasteiger partial charge < -0.3 is 10.2 Å². The van der Waals surface area contributed by atoms with Gasteiger partial charge in [0, 0.05) is 18.4 Å². The molecule has 1 amide bonds. The maximum absolute atomic E-state index is 13.7. The minimum absolute atomic E-state index is 0.205. The summed E-state index contributed by atoms with van der Waals surface area (Å²) in [6, 6.07) is 4.89. The van der Waals surface area contributed by atoms with Crippen LogP contribution in [0.25, 0.3) is 0 Å². The average Bonchev–Trinajstić information content (AvgIpc) is 2.63. The van der Waals surface area contributed by atoms with E-state index in [1.807, 2.05) is 13.8 Å². The van der Waals surface area contributed by atoms with Crippen molar-refractivity contribution in [1.82, 2.24) is 10.2 Å². The van der Waals surface area contributed by atoms with Crippen molar-refractivity contribution in [1.29, 1.82) is 0 Å². The Kier molecular flexibility index (Phi) is 7.11. The molecular weight excluding hydrogens is 346 g/mol. The summed E-state index contributed by atoms with van der Waals surface area (Å²) < 4.78 is 27.2. The fourth-order valence-electron chi connectivity index (χ4n) is 2.95. The summed E-state index contributed by atoms with van der Waals surface area (Å²) in [5.74, 6) is -0.992. The molecule has 0 atom stereocenters. The first kappa shape index (κ1) is 20.6. The Morgan fingerprint density at radius 1 is 1.26 bits per heavy atom. The van der Waals surface area contributed by atoms with Crippen LogP contribution in [-0.4, -0.2) is 10.8 Å². The lowest BCUT2D eigenvalue weighted by molar-refractivity contribution is -0.118. The van der Waals surface area contributed by atoms with E-state index in [-0.39, 0.29) is 18.3 Å². The zero-order valence-corrected chi connectivity index (χ0v) is 16.1. The fourth-order valence-corrected chi connectivity index (χ4v) is 2.95. The highest BCUT2D eigenvalue weighted by Crippen LogP contribution is 2.27. The van der Waals surface area contributed by atoms with Gasteiger partial charge in [0.05, 0.1) is 0 Å². The van der Waals surface area contributed by atoms with E-state index in [1.165, 1.54) is 24.4 Å². The summed E-state index contributed by atoms with van der Waals surface area (Å²) in [7, 11) is 0. The van der Waals surface area contributed by atoms with Crippen LogP contribution >= 0.6 is 0 Å². The van der Waals surface area contributed by atoms with E-state index in [0.717, 1.165) is 18.4 Å². The first-order valence-corrected chi connectivity index (χ1v) is 9.16. The summed E-state index contributed by atoms with van der Waals surface area (Å²) in [6.45, 7) is 9.79. The van der Waals surface area contributed by atoms with E-state index in [0.29, 0.717) is 28.9 Å². The van der Waals surface area contributed by atoms with Gasteiger partial charge in [0.1, 0.15) is 17.3 Å². The molecule has 1 N–H and O–H groups in total. The average molecular weight is 372 g/mol. The van der Waals surface area contributed by atoms with Crippen LogP contribution in [0.5, 0.6) is 0 Å². The molecule has 1 aliphatic rings. The van der Waals surface area contributed by atoms with E-state index in [2.05, 4.69) is 11.9 Å². The van der Waals surface area contributed by atoms with Gasteiger partial charge in [0.25, 0.3) is 5.91 Å². The maximum atomic E-state index is 13.7. The molecule has 144 valence electrons. The summed E-state index contributed by atoms with van der Waals surface area (Å²) >= 11 is 0. The fraction of sp³-hybridized carbons (Fsp3) is 0.318. The summed E-state index contributed by atoms with van der Waals surface area (Å²) in [4.78, 5) is 14.6. The van der Waals surface area contributed by atoms with Gasteiger partial charge in [-0.15, -0.1) is 0 Å². The molecule has 0 saturated carbocycles. The largest absolute Gasteiger partial charge is 0.347 e. The van der Waals surface area contributed by atoms with Crippen molar-refractivity contribution in [3.63, 3.8) is 0 Å². The van der Waals surface area contributed by atoms with Crippen LogP contribution < -0.4 is 5.32 Å². The maximum Gasteiger partial charge on any atom is 0.268 e. The molecule has 27 heavy (non-hydrogen) atoms. The van der Waals surface area contributed by atoms with Gasteiger partial charge in [0.15, 0.2) is 0 Å². The summed E-state index contributed by atoms with van der Waals surface area (Å²) in [5.41, 5.74) is 3.05. The van der Waals surface area contributed by atoms with E-state index >= 15 is 0 Å². The van der Waals surface area contributed by atoms with Gasteiger partial charge in [-0.2, -0.15) is 0 Å². The third-order valence-electron chi connectivity index (χ3n) is 4.46. The van der Waals surface area contributed by atoms with E-state index in [4.69, 9.17) is 0 Å². The van der Waals surface area contributed by atoms with Crippen LogP contribution in [0.4, 0.5) is 8.78 Å². The number of nitrogens with zero attached hydrogens (tertiary/aromatic N) is 1. The van der Waals surface area contributed by atoms with Crippen molar-refractivity contribution >= 4 is 5.91 Å². The molecule has 3 nitrogen and oxygen atoms in total. The second kappa shape index (κ2) is 9.31. The number of halogens is 2. The monoisotopic (exact) mass is 372 g/mol. The smallest absolute Gasteiger partial charge is 0.268 e. The lowest BCUT2D eigenvalue weighted by Gasteiger charge is -2.28. The predicted molar refractivity (Wildman–Crippen MR) is 105 cm³/mol. The number of amides is 1.